The maximum absolute atomic E-state index is 13.0. The minimum absolute atomic E-state index is 0.0176. The van der Waals surface area contributed by atoms with Crippen LogP contribution in [0.5, 0.6) is 5.75 Å². The number of benzene rings is 2. The average molecular weight is 444 g/mol. The normalized spacial score (nSPS) is 14.8. The van der Waals surface area contributed by atoms with Crippen LogP contribution in [0.15, 0.2) is 59.8 Å². The Balaban J connectivity index is 1.21. The van der Waals surface area contributed by atoms with Crippen molar-refractivity contribution in [2.75, 3.05) is 44.7 Å². The van der Waals surface area contributed by atoms with Gasteiger partial charge in [-0.3, -0.25) is 19.2 Å². The molecule has 1 aliphatic heterocycles. The van der Waals surface area contributed by atoms with Gasteiger partial charge < -0.3 is 9.64 Å². The molecule has 4 aromatic rings. The fourth-order valence-corrected chi connectivity index (χ4v) is 4.65. The Bertz CT molecular complexity index is 1340. The summed E-state index contributed by atoms with van der Waals surface area (Å²) in [5.41, 5.74) is 3.89. The van der Waals surface area contributed by atoms with E-state index in [9.17, 15) is 4.79 Å². The van der Waals surface area contributed by atoms with Crippen molar-refractivity contribution in [2.24, 2.45) is 0 Å². The van der Waals surface area contributed by atoms with Gasteiger partial charge in [0.05, 0.1) is 35.5 Å². The topological polar surface area (TPSA) is 63.5 Å². The van der Waals surface area contributed by atoms with Crippen LogP contribution in [0, 0.1) is 6.92 Å². The number of pyridine rings is 1. The van der Waals surface area contributed by atoms with Crippen LogP contribution in [0.4, 0.5) is 5.69 Å². The first-order valence-electron chi connectivity index (χ1n) is 11.5. The molecule has 0 spiro atoms. The van der Waals surface area contributed by atoms with Crippen LogP contribution in [0.1, 0.15) is 12.0 Å². The Kier molecular flexibility index (Phi) is 5.96. The number of ether oxygens (including phenoxy) is 1. The number of fused-ring (bicyclic) bond motifs is 3. The average Bonchev–Trinajstić information content (AvgIpc) is 2.85. The zero-order chi connectivity index (χ0) is 22.8. The highest BCUT2D eigenvalue weighted by molar-refractivity contribution is 6.02. The van der Waals surface area contributed by atoms with Crippen LogP contribution in [0.3, 0.4) is 0 Å². The summed E-state index contributed by atoms with van der Waals surface area (Å²) in [5.74, 6) is 0.923. The molecule has 33 heavy (non-hydrogen) atoms. The van der Waals surface area contributed by atoms with E-state index in [2.05, 4.69) is 31.9 Å². The summed E-state index contributed by atoms with van der Waals surface area (Å²) >= 11 is 0. The predicted molar refractivity (Wildman–Crippen MR) is 132 cm³/mol. The lowest BCUT2D eigenvalue weighted by atomic mass is 10.1. The monoisotopic (exact) mass is 443 g/mol. The number of para-hydroxylation sites is 2. The third kappa shape index (κ3) is 4.28. The molecule has 0 aliphatic carbocycles. The maximum atomic E-state index is 13.0. The van der Waals surface area contributed by atoms with Crippen molar-refractivity contribution < 1.29 is 4.74 Å². The molecule has 3 heterocycles. The molecular weight excluding hydrogens is 414 g/mol. The SMILES string of the molecule is COc1ccccc1N1CCN(CCCn2cnc3c(cnc4cc(C)ccc43)c2=O)CC1. The quantitative estimate of drug-likeness (QED) is 0.425. The highest BCUT2D eigenvalue weighted by atomic mass is 16.5. The van der Waals surface area contributed by atoms with E-state index in [0.717, 1.165) is 72.6 Å². The van der Waals surface area contributed by atoms with Crippen molar-refractivity contribution in [2.45, 2.75) is 19.9 Å². The van der Waals surface area contributed by atoms with Gasteiger partial charge in [-0.05, 0) is 43.7 Å². The molecule has 0 radical (unpaired) electrons. The zero-order valence-corrected chi connectivity index (χ0v) is 19.2. The molecule has 1 aliphatic rings. The zero-order valence-electron chi connectivity index (χ0n) is 19.2. The van der Waals surface area contributed by atoms with Gasteiger partial charge in [-0.1, -0.05) is 24.3 Å². The lowest BCUT2D eigenvalue weighted by Gasteiger charge is -2.36. The number of nitrogens with zero attached hydrogens (tertiary/aromatic N) is 5. The first kappa shape index (κ1) is 21.4. The second-order valence-corrected chi connectivity index (χ2v) is 8.64. The van der Waals surface area contributed by atoms with E-state index in [-0.39, 0.29) is 5.56 Å². The summed E-state index contributed by atoms with van der Waals surface area (Å²) in [6, 6.07) is 14.2. The molecule has 0 unspecified atom stereocenters. The molecule has 1 saturated heterocycles. The van der Waals surface area contributed by atoms with Crippen LogP contribution in [0.25, 0.3) is 21.8 Å². The van der Waals surface area contributed by atoms with Crippen molar-refractivity contribution in [3.05, 3.63) is 70.9 Å². The summed E-state index contributed by atoms with van der Waals surface area (Å²) < 4.78 is 7.23. The molecule has 170 valence electrons. The van der Waals surface area contributed by atoms with E-state index < -0.39 is 0 Å². The van der Waals surface area contributed by atoms with E-state index in [0.29, 0.717) is 11.9 Å². The highest BCUT2D eigenvalue weighted by Crippen LogP contribution is 2.28. The summed E-state index contributed by atoms with van der Waals surface area (Å²) in [5, 5.41) is 1.51. The lowest BCUT2D eigenvalue weighted by Crippen LogP contribution is -2.46. The number of rotatable bonds is 6. The minimum atomic E-state index is -0.0176. The van der Waals surface area contributed by atoms with Crippen LogP contribution < -0.4 is 15.2 Å². The second kappa shape index (κ2) is 9.19. The molecule has 0 saturated carbocycles. The van der Waals surface area contributed by atoms with Gasteiger partial charge in [0, 0.05) is 44.3 Å². The molecule has 0 amide bonds. The first-order valence-corrected chi connectivity index (χ1v) is 11.5. The smallest absolute Gasteiger partial charge is 0.262 e. The third-order valence-electron chi connectivity index (χ3n) is 6.49. The molecule has 7 heteroatoms. The van der Waals surface area contributed by atoms with Crippen LogP contribution in [0.2, 0.25) is 0 Å². The Morgan fingerprint density at radius 2 is 1.79 bits per heavy atom. The molecule has 0 N–H and O–H groups in total. The molecule has 5 rings (SSSR count). The number of aromatic nitrogens is 3. The van der Waals surface area contributed by atoms with Crippen molar-refractivity contribution in [3.8, 4) is 5.75 Å². The molecule has 2 aromatic carbocycles. The molecular formula is C26H29N5O2. The van der Waals surface area contributed by atoms with Gasteiger partial charge in [-0.2, -0.15) is 0 Å². The minimum Gasteiger partial charge on any atom is -0.495 e. The Morgan fingerprint density at radius 1 is 0.970 bits per heavy atom. The van der Waals surface area contributed by atoms with E-state index in [1.165, 1.54) is 0 Å². The van der Waals surface area contributed by atoms with Crippen LogP contribution in [-0.2, 0) is 6.54 Å². The van der Waals surface area contributed by atoms with E-state index in [4.69, 9.17) is 4.74 Å². The van der Waals surface area contributed by atoms with Gasteiger partial charge >= 0.3 is 0 Å². The Labute approximate surface area is 193 Å². The number of anilines is 1. The molecule has 0 atom stereocenters. The maximum Gasteiger partial charge on any atom is 0.262 e. The van der Waals surface area contributed by atoms with Gasteiger partial charge in [0.25, 0.3) is 5.56 Å². The van der Waals surface area contributed by atoms with Gasteiger partial charge in [0.2, 0.25) is 0 Å². The van der Waals surface area contributed by atoms with Gasteiger partial charge in [-0.25, -0.2) is 4.98 Å². The first-order chi connectivity index (χ1) is 16.1. The summed E-state index contributed by atoms with van der Waals surface area (Å²) in [4.78, 5) is 27.0. The fraction of sp³-hybridized carbons (Fsp3) is 0.346. The van der Waals surface area contributed by atoms with Crippen LogP contribution >= 0.6 is 0 Å². The molecule has 7 nitrogen and oxygen atoms in total. The predicted octanol–water partition coefficient (Wildman–Crippen LogP) is 3.47. The van der Waals surface area contributed by atoms with Crippen molar-refractivity contribution >= 4 is 27.5 Å². The van der Waals surface area contributed by atoms with Crippen molar-refractivity contribution in [3.63, 3.8) is 0 Å². The Morgan fingerprint density at radius 3 is 2.61 bits per heavy atom. The molecule has 1 fully saturated rings. The second-order valence-electron chi connectivity index (χ2n) is 8.64. The molecule has 0 bridgehead atoms. The number of hydrogen-bond acceptors (Lipinski definition) is 6. The standard InChI is InChI=1S/C26H29N5O2/c1-19-8-9-20-22(16-19)27-17-21-25(20)28-18-31(26(21)32)11-5-10-29-12-14-30(15-13-29)23-6-3-4-7-24(23)33-2/h3-4,6-9,16-18H,5,10-15H2,1-2H3. The summed E-state index contributed by atoms with van der Waals surface area (Å²) in [6.45, 7) is 7.58. The number of methoxy groups -OCH3 is 1. The van der Waals surface area contributed by atoms with E-state index >= 15 is 0 Å². The summed E-state index contributed by atoms with van der Waals surface area (Å²) in [6.07, 6.45) is 4.26. The molecule has 2 aromatic heterocycles. The highest BCUT2D eigenvalue weighted by Gasteiger charge is 2.19. The van der Waals surface area contributed by atoms with Crippen LogP contribution in [-0.4, -0.2) is 59.3 Å². The largest absolute Gasteiger partial charge is 0.495 e. The van der Waals surface area contributed by atoms with Crippen molar-refractivity contribution in [1.29, 1.82) is 0 Å². The van der Waals surface area contributed by atoms with E-state index in [1.807, 2.05) is 37.3 Å². The number of aryl methyl sites for hydroxylation is 2. The van der Waals surface area contributed by atoms with E-state index in [1.54, 1.807) is 24.2 Å². The fourth-order valence-electron chi connectivity index (χ4n) is 4.65. The van der Waals surface area contributed by atoms with Gasteiger partial charge in [-0.15, -0.1) is 0 Å². The number of hydrogen-bond donors (Lipinski definition) is 0. The third-order valence-corrected chi connectivity index (χ3v) is 6.49. The van der Waals surface area contributed by atoms with Gasteiger partial charge in [0.1, 0.15) is 5.75 Å². The summed E-state index contributed by atoms with van der Waals surface area (Å²) in [7, 11) is 1.72. The number of piperazine rings is 1. The van der Waals surface area contributed by atoms with Crippen molar-refractivity contribution in [1.82, 2.24) is 19.4 Å². The van der Waals surface area contributed by atoms with Gasteiger partial charge in [0.15, 0.2) is 0 Å². The Hall–Kier alpha value is -3.45. The lowest BCUT2D eigenvalue weighted by molar-refractivity contribution is 0.249.